The highest BCUT2D eigenvalue weighted by Crippen LogP contribution is 2.22. The first-order chi connectivity index (χ1) is 12.9. The highest BCUT2D eigenvalue weighted by atomic mass is 16.5. The number of anilines is 2. The number of amides is 1. The van der Waals surface area contributed by atoms with Crippen molar-refractivity contribution in [1.82, 2.24) is 9.97 Å². The highest BCUT2D eigenvalue weighted by Gasteiger charge is 2.19. The van der Waals surface area contributed by atoms with Crippen molar-refractivity contribution in [2.24, 2.45) is 5.92 Å². The summed E-state index contributed by atoms with van der Waals surface area (Å²) in [5.74, 6) is 1.55. The average Bonchev–Trinajstić information content (AvgIpc) is 2.58. The Balaban J connectivity index is 1.62. The van der Waals surface area contributed by atoms with E-state index in [1.54, 1.807) is 6.07 Å². The minimum absolute atomic E-state index is 0.0840. The Morgan fingerprint density at radius 1 is 1.19 bits per heavy atom. The van der Waals surface area contributed by atoms with Gasteiger partial charge < -0.3 is 15.0 Å². The van der Waals surface area contributed by atoms with E-state index in [-0.39, 0.29) is 12.5 Å². The van der Waals surface area contributed by atoms with Crippen molar-refractivity contribution in [3.05, 3.63) is 41.1 Å². The Labute approximate surface area is 161 Å². The molecule has 1 fully saturated rings. The molecule has 1 aliphatic heterocycles. The number of nitrogens with zero attached hydrogens (tertiary/aromatic N) is 3. The van der Waals surface area contributed by atoms with Crippen molar-refractivity contribution in [1.29, 1.82) is 0 Å². The first kappa shape index (κ1) is 19.1. The number of piperidine rings is 1. The van der Waals surface area contributed by atoms with Crippen LogP contribution in [0.2, 0.25) is 0 Å². The summed E-state index contributed by atoms with van der Waals surface area (Å²) < 4.78 is 5.65. The Morgan fingerprint density at radius 2 is 1.93 bits per heavy atom. The summed E-state index contributed by atoms with van der Waals surface area (Å²) in [7, 11) is 0. The molecule has 2 heterocycles. The molecule has 144 valence electrons. The van der Waals surface area contributed by atoms with Gasteiger partial charge >= 0.3 is 0 Å². The van der Waals surface area contributed by atoms with E-state index < -0.39 is 0 Å². The van der Waals surface area contributed by atoms with E-state index in [0.717, 1.165) is 42.0 Å². The predicted octanol–water partition coefficient (Wildman–Crippen LogP) is 3.66. The van der Waals surface area contributed by atoms with Gasteiger partial charge in [-0.3, -0.25) is 4.79 Å². The standard InChI is InChI=1S/C21H28N4O2/c1-14-6-5-7-25(12-14)21-22-17(4)11-20(24-21)27-13-19(26)23-18-9-15(2)8-16(3)10-18/h8-11,14H,5-7,12-13H2,1-4H3,(H,23,26)/t14-/m1/s1. The summed E-state index contributed by atoms with van der Waals surface area (Å²) in [5.41, 5.74) is 3.84. The molecule has 3 rings (SSSR count). The topological polar surface area (TPSA) is 67.3 Å². The van der Waals surface area contributed by atoms with E-state index in [1.165, 1.54) is 6.42 Å². The molecular formula is C21H28N4O2. The molecule has 0 bridgehead atoms. The minimum Gasteiger partial charge on any atom is -0.467 e. The largest absolute Gasteiger partial charge is 0.467 e. The highest BCUT2D eigenvalue weighted by molar-refractivity contribution is 5.92. The van der Waals surface area contributed by atoms with Crippen LogP contribution in [0.5, 0.6) is 5.88 Å². The fourth-order valence-electron chi connectivity index (χ4n) is 3.49. The number of carbonyl (C=O) groups excluding carboxylic acids is 1. The van der Waals surface area contributed by atoms with E-state index >= 15 is 0 Å². The minimum atomic E-state index is -0.204. The van der Waals surface area contributed by atoms with Crippen molar-refractivity contribution in [3.8, 4) is 5.88 Å². The number of nitrogens with one attached hydrogen (secondary N) is 1. The third kappa shape index (κ3) is 5.42. The summed E-state index contributed by atoms with van der Waals surface area (Å²) in [4.78, 5) is 23.5. The van der Waals surface area contributed by atoms with Gasteiger partial charge in [-0.2, -0.15) is 4.98 Å². The molecule has 1 atom stereocenters. The third-order valence-corrected chi connectivity index (χ3v) is 4.62. The second-order valence-electron chi connectivity index (χ2n) is 7.55. The molecule has 1 aromatic carbocycles. The first-order valence-corrected chi connectivity index (χ1v) is 9.50. The molecule has 0 unspecified atom stereocenters. The molecule has 6 nitrogen and oxygen atoms in total. The molecule has 1 N–H and O–H groups in total. The van der Waals surface area contributed by atoms with Crippen molar-refractivity contribution in [3.63, 3.8) is 0 Å². The van der Waals surface area contributed by atoms with E-state index in [1.807, 2.05) is 32.9 Å². The van der Waals surface area contributed by atoms with E-state index in [0.29, 0.717) is 17.7 Å². The molecule has 0 saturated carbocycles. The zero-order valence-corrected chi connectivity index (χ0v) is 16.6. The summed E-state index contributed by atoms with van der Waals surface area (Å²) in [6.45, 7) is 10.0. The summed E-state index contributed by atoms with van der Waals surface area (Å²) in [6, 6.07) is 7.71. The lowest BCUT2D eigenvalue weighted by atomic mass is 10.0. The van der Waals surface area contributed by atoms with E-state index in [9.17, 15) is 4.79 Å². The smallest absolute Gasteiger partial charge is 0.262 e. The van der Waals surface area contributed by atoms with Crippen molar-refractivity contribution in [2.75, 3.05) is 29.9 Å². The average molecular weight is 368 g/mol. The van der Waals surface area contributed by atoms with E-state index in [2.05, 4.69) is 33.2 Å². The zero-order chi connectivity index (χ0) is 19.4. The second-order valence-corrected chi connectivity index (χ2v) is 7.55. The van der Waals surface area contributed by atoms with Gasteiger partial charge in [0, 0.05) is 30.5 Å². The Bertz CT molecular complexity index is 802. The van der Waals surface area contributed by atoms with Crippen LogP contribution in [0.4, 0.5) is 11.6 Å². The van der Waals surface area contributed by atoms with Gasteiger partial charge in [0.2, 0.25) is 11.8 Å². The van der Waals surface area contributed by atoms with Crippen molar-refractivity contribution in [2.45, 2.75) is 40.5 Å². The Kier molecular flexibility index (Phi) is 5.94. The molecular weight excluding hydrogens is 340 g/mol. The lowest BCUT2D eigenvalue weighted by molar-refractivity contribution is -0.118. The number of aromatic nitrogens is 2. The van der Waals surface area contributed by atoms with Crippen LogP contribution in [-0.4, -0.2) is 35.6 Å². The first-order valence-electron chi connectivity index (χ1n) is 9.50. The van der Waals surface area contributed by atoms with Crippen molar-refractivity contribution >= 4 is 17.5 Å². The van der Waals surface area contributed by atoms with Crippen LogP contribution in [0.1, 0.15) is 36.6 Å². The quantitative estimate of drug-likeness (QED) is 0.872. The van der Waals surface area contributed by atoms with Crippen LogP contribution in [-0.2, 0) is 4.79 Å². The number of hydrogen-bond acceptors (Lipinski definition) is 5. The van der Waals surface area contributed by atoms with Gasteiger partial charge in [0.05, 0.1) is 0 Å². The maximum Gasteiger partial charge on any atom is 0.262 e. The molecule has 6 heteroatoms. The van der Waals surface area contributed by atoms with Gasteiger partial charge in [0.25, 0.3) is 5.91 Å². The lowest BCUT2D eigenvalue weighted by Gasteiger charge is -2.31. The Hall–Kier alpha value is -2.63. The molecule has 1 aromatic heterocycles. The molecule has 1 aliphatic rings. The molecule has 0 spiro atoms. The van der Waals surface area contributed by atoms with Gasteiger partial charge in [-0.1, -0.05) is 13.0 Å². The molecule has 27 heavy (non-hydrogen) atoms. The normalized spacial score (nSPS) is 16.9. The predicted molar refractivity (Wildman–Crippen MR) is 107 cm³/mol. The van der Waals surface area contributed by atoms with E-state index in [4.69, 9.17) is 4.74 Å². The van der Waals surface area contributed by atoms with Crippen LogP contribution in [0, 0.1) is 26.7 Å². The monoisotopic (exact) mass is 368 g/mol. The van der Waals surface area contributed by atoms with Gasteiger partial charge in [0.1, 0.15) is 0 Å². The van der Waals surface area contributed by atoms with Crippen LogP contribution in [0.3, 0.4) is 0 Å². The fourth-order valence-corrected chi connectivity index (χ4v) is 3.49. The molecule has 0 radical (unpaired) electrons. The van der Waals surface area contributed by atoms with Gasteiger partial charge in [-0.25, -0.2) is 4.98 Å². The van der Waals surface area contributed by atoms with Crippen LogP contribution in [0.15, 0.2) is 24.3 Å². The number of benzene rings is 1. The number of carbonyl (C=O) groups is 1. The molecule has 1 amide bonds. The lowest BCUT2D eigenvalue weighted by Crippen LogP contribution is -2.35. The van der Waals surface area contributed by atoms with Crippen LogP contribution >= 0.6 is 0 Å². The zero-order valence-electron chi connectivity index (χ0n) is 16.6. The molecule has 1 saturated heterocycles. The third-order valence-electron chi connectivity index (χ3n) is 4.62. The molecule has 0 aliphatic carbocycles. The fraction of sp³-hybridized carbons (Fsp3) is 0.476. The number of hydrogen-bond donors (Lipinski definition) is 1. The molecule has 2 aromatic rings. The summed E-state index contributed by atoms with van der Waals surface area (Å²) in [5, 5.41) is 2.87. The van der Waals surface area contributed by atoms with Crippen molar-refractivity contribution < 1.29 is 9.53 Å². The maximum atomic E-state index is 12.2. The maximum absolute atomic E-state index is 12.2. The number of rotatable bonds is 5. The second kappa shape index (κ2) is 8.37. The SMILES string of the molecule is Cc1cc(C)cc(NC(=O)COc2cc(C)nc(N3CCC[C@@H](C)C3)n2)c1. The summed E-state index contributed by atoms with van der Waals surface area (Å²) in [6.07, 6.45) is 2.39. The van der Waals surface area contributed by atoms with Gasteiger partial charge in [-0.15, -0.1) is 0 Å². The Morgan fingerprint density at radius 3 is 2.63 bits per heavy atom. The summed E-state index contributed by atoms with van der Waals surface area (Å²) >= 11 is 0. The van der Waals surface area contributed by atoms with Gasteiger partial charge in [-0.05, 0) is 62.8 Å². The van der Waals surface area contributed by atoms with Crippen LogP contribution < -0.4 is 15.0 Å². The number of aryl methyl sites for hydroxylation is 3. The van der Waals surface area contributed by atoms with Crippen LogP contribution in [0.25, 0.3) is 0 Å². The number of ether oxygens (including phenoxy) is 1. The van der Waals surface area contributed by atoms with Gasteiger partial charge in [0.15, 0.2) is 6.61 Å².